The Balaban J connectivity index is 2.24. The quantitative estimate of drug-likeness (QED) is 0.683. The molecule has 0 bridgehead atoms. The highest BCUT2D eigenvalue weighted by Crippen LogP contribution is 2.23. The minimum Gasteiger partial charge on any atom is -0.449 e. The fourth-order valence-electron chi connectivity index (χ4n) is 1.75. The van der Waals surface area contributed by atoms with Gasteiger partial charge in [-0.25, -0.2) is 14.9 Å². The average molecular weight is 341 g/mol. The Bertz CT molecular complexity index is 713. The van der Waals surface area contributed by atoms with Crippen LogP contribution in [0, 0.1) is 6.92 Å². The Morgan fingerprint density at radius 2 is 2.27 bits per heavy atom. The number of carbonyl (C=O) groups is 1. The van der Waals surface area contributed by atoms with Crippen LogP contribution in [0.5, 0.6) is 0 Å². The number of halogens is 2. The Morgan fingerprint density at radius 1 is 1.50 bits per heavy atom. The molecular weight excluding hydrogens is 327 g/mol. The van der Waals surface area contributed by atoms with E-state index in [1.54, 1.807) is 36.7 Å². The number of ether oxygens (including phenoxy) is 1. The molecule has 2 aromatic rings. The molecule has 8 heteroatoms. The average Bonchev–Trinajstić information content (AvgIpc) is 2.75. The summed E-state index contributed by atoms with van der Waals surface area (Å²) in [5.41, 5.74) is 4.23. The Kier molecular flexibility index (Phi) is 5.41. The van der Waals surface area contributed by atoms with Crippen LogP contribution in [0.1, 0.15) is 18.2 Å². The molecular formula is C14H14Cl2N4O2. The van der Waals surface area contributed by atoms with Crippen molar-refractivity contribution in [3.05, 3.63) is 45.7 Å². The van der Waals surface area contributed by atoms with Crippen molar-refractivity contribution in [2.45, 2.75) is 13.8 Å². The van der Waals surface area contributed by atoms with Crippen molar-refractivity contribution in [2.24, 2.45) is 5.10 Å². The van der Waals surface area contributed by atoms with Gasteiger partial charge in [-0.1, -0.05) is 29.3 Å². The zero-order valence-electron chi connectivity index (χ0n) is 12.0. The fraction of sp³-hybridized carbons (Fsp3) is 0.214. The lowest BCUT2D eigenvalue weighted by Gasteiger charge is -2.03. The van der Waals surface area contributed by atoms with Gasteiger partial charge < -0.3 is 4.74 Å². The summed E-state index contributed by atoms with van der Waals surface area (Å²) >= 11 is 12.3. The summed E-state index contributed by atoms with van der Waals surface area (Å²) in [6, 6.07) is 7.15. The molecule has 22 heavy (non-hydrogen) atoms. The summed E-state index contributed by atoms with van der Waals surface area (Å²) in [4.78, 5) is 11.2. The van der Waals surface area contributed by atoms with Gasteiger partial charge in [0.15, 0.2) is 0 Å². The molecule has 1 aromatic heterocycles. The SMILES string of the molecule is CCOC(=O)N/N=C\c1c(C)nn(-c2cccc(Cl)c2)c1Cl. The van der Waals surface area contributed by atoms with E-state index in [9.17, 15) is 4.79 Å². The molecule has 1 N–H and O–H groups in total. The predicted molar refractivity (Wildman–Crippen MR) is 86.1 cm³/mol. The minimum atomic E-state index is -0.630. The van der Waals surface area contributed by atoms with E-state index in [0.29, 0.717) is 21.4 Å². The monoisotopic (exact) mass is 340 g/mol. The standard InChI is InChI=1S/C14H14Cl2N4O2/c1-3-22-14(21)18-17-8-12-9(2)19-20(13(12)16)11-6-4-5-10(15)7-11/h4-8H,3H2,1-2H3,(H,18,21)/b17-8-. The third-order valence-electron chi connectivity index (χ3n) is 2.73. The number of hydrogen-bond donors (Lipinski definition) is 1. The molecule has 116 valence electrons. The molecule has 0 fully saturated rings. The number of rotatable bonds is 4. The minimum absolute atomic E-state index is 0.272. The molecule has 0 aliphatic heterocycles. The number of amides is 1. The fourth-order valence-corrected chi connectivity index (χ4v) is 2.26. The lowest BCUT2D eigenvalue weighted by Crippen LogP contribution is -2.18. The molecule has 0 saturated heterocycles. The van der Waals surface area contributed by atoms with Crippen LogP contribution >= 0.6 is 23.2 Å². The second-order valence-electron chi connectivity index (χ2n) is 4.27. The maximum atomic E-state index is 11.2. The van der Waals surface area contributed by atoms with E-state index in [1.165, 1.54) is 6.21 Å². The van der Waals surface area contributed by atoms with Gasteiger partial charge in [0.2, 0.25) is 0 Å². The predicted octanol–water partition coefficient (Wildman–Crippen LogP) is 3.57. The van der Waals surface area contributed by atoms with E-state index in [1.807, 2.05) is 6.07 Å². The van der Waals surface area contributed by atoms with Gasteiger partial charge in [0.25, 0.3) is 0 Å². The first-order valence-corrected chi connectivity index (χ1v) is 7.25. The van der Waals surface area contributed by atoms with Crippen LogP contribution in [0.25, 0.3) is 5.69 Å². The zero-order chi connectivity index (χ0) is 16.1. The molecule has 0 saturated carbocycles. The molecule has 0 aliphatic rings. The topological polar surface area (TPSA) is 68.5 Å². The summed E-state index contributed by atoms with van der Waals surface area (Å²) in [5.74, 6) is 0. The summed E-state index contributed by atoms with van der Waals surface area (Å²) in [7, 11) is 0. The number of aromatic nitrogens is 2. The molecule has 2 rings (SSSR count). The van der Waals surface area contributed by atoms with Crippen molar-refractivity contribution in [3.63, 3.8) is 0 Å². The Labute approximate surface area is 137 Å². The number of aryl methyl sites for hydroxylation is 1. The van der Waals surface area contributed by atoms with Gasteiger partial charge in [-0.05, 0) is 32.0 Å². The van der Waals surface area contributed by atoms with Crippen LogP contribution in [-0.2, 0) is 4.74 Å². The summed E-state index contributed by atoms with van der Waals surface area (Å²) in [6.07, 6.45) is 0.789. The van der Waals surface area contributed by atoms with E-state index in [-0.39, 0.29) is 6.61 Å². The molecule has 1 heterocycles. The number of nitrogens with one attached hydrogen (secondary N) is 1. The van der Waals surface area contributed by atoms with Crippen LogP contribution in [0.15, 0.2) is 29.4 Å². The Hall–Kier alpha value is -2.05. The summed E-state index contributed by atoms with van der Waals surface area (Å²) < 4.78 is 6.25. The molecule has 0 atom stereocenters. The molecule has 0 unspecified atom stereocenters. The molecule has 0 aliphatic carbocycles. The number of benzene rings is 1. The lowest BCUT2D eigenvalue weighted by molar-refractivity contribution is 0.152. The van der Waals surface area contributed by atoms with E-state index in [0.717, 1.165) is 5.69 Å². The largest absolute Gasteiger partial charge is 0.449 e. The van der Waals surface area contributed by atoms with E-state index in [4.69, 9.17) is 27.9 Å². The second-order valence-corrected chi connectivity index (χ2v) is 5.07. The smallest absolute Gasteiger partial charge is 0.427 e. The highest BCUT2D eigenvalue weighted by Gasteiger charge is 2.13. The molecule has 0 spiro atoms. The maximum Gasteiger partial charge on any atom is 0.427 e. The van der Waals surface area contributed by atoms with Gasteiger partial charge in [-0.2, -0.15) is 10.2 Å². The third kappa shape index (κ3) is 3.78. The number of hydrogen-bond acceptors (Lipinski definition) is 4. The van der Waals surface area contributed by atoms with Crippen LogP contribution in [0.2, 0.25) is 10.2 Å². The second kappa shape index (κ2) is 7.29. The molecule has 0 radical (unpaired) electrons. The first-order chi connectivity index (χ1) is 10.5. The first kappa shape index (κ1) is 16.3. The summed E-state index contributed by atoms with van der Waals surface area (Å²) in [5, 5.41) is 9.09. The normalized spacial score (nSPS) is 10.9. The number of nitrogens with zero attached hydrogens (tertiary/aromatic N) is 3. The van der Waals surface area contributed by atoms with Gasteiger partial charge in [0.05, 0.1) is 29.8 Å². The van der Waals surface area contributed by atoms with E-state index >= 15 is 0 Å². The number of hydrazone groups is 1. The summed E-state index contributed by atoms with van der Waals surface area (Å²) in [6.45, 7) is 3.77. The van der Waals surface area contributed by atoms with E-state index < -0.39 is 6.09 Å². The van der Waals surface area contributed by atoms with Crippen molar-refractivity contribution in [2.75, 3.05) is 6.61 Å². The number of carbonyl (C=O) groups excluding carboxylic acids is 1. The van der Waals surface area contributed by atoms with Gasteiger partial charge in [0.1, 0.15) is 5.15 Å². The van der Waals surface area contributed by atoms with Crippen molar-refractivity contribution < 1.29 is 9.53 Å². The van der Waals surface area contributed by atoms with Crippen LogP contribution < -0.4 is 5.43 Å². The maximum absolute atomic E-state index is 11.2. The van der Waals surface area contributed by atoms with Crippen molar-refractivity contribution in [1.29, 1.82) is 0 Å². The van der Waals surface area contributed by atoms with Crippen molar-refractivity contribution in [3.8, 4) is 5.69 Å². The van der Waals surface area contributed by atoms with Gasteiger partial charge in [-0.3, -0.25) is 0 Å². The van der Waals surface area contributed by atoms with Gasteiger partial charge in [-0.15, -0.1) is 0 Å². The Morgan fingerprint density at radius 3 is 2.95 bits per heavy atom. The van der Waals surface area contributed by atoms with Gasteiger partial charge >= 0.3 is 6.09 Å². The van der Waals surface area contributed by atoms with E-state index in [2.05, 4.69) is 15.6 Å². The first-order valence-electron chi connectivity index (χ1n) is 6.49. The molecule has 6 nitrogen and oxygen atoms in total. The highest BCUT2D eigenvalue weighted by molar-refractivity contribution is 6.32. The molecule has 1 aromatic carbocycles. The third-order valence-corrected chi connectivity index (χ3v) is 3.32. The van der Waals surface area contributed by atoms with Crippen molar-refractivity contribution >= 4 is 35.5 Å². The van der Waals surface area contributed by atoms with Crippen LogP contribution in [-0.4, -0.2) is 28.7 Å². The lowest BCUT2D eigenvalue weighted by atomic mass is 10.3. The zero-order valence-corrected chi connectivity index (χ0v) is 13.5. The van der Waals surface area contributed by atoms with Crippen LogP contribution in [0.3, 0.4) is 0 Å². The van der Waals surface area contributed by atoms with Gasteiger partial charge in [0, 0.05) is 5.02 Å². The van der Waals surface area contributed by atoms with Crippen LogP contribution in [0.4, 0.5) is 4.79 Å². The highest BCUT2D eigenvalue weighted by atomic mass is 35.5. The molecule has 1 amide bonds. The van der Waals surface area contributed by atoms with Crippen molar-refractivity contribution in [1.82, 2.24) is 15.2 Å².